The molecule has 0 fully saturated rings. The van der Waals surface area contributed by atoms with Crippen LogP contribution in [0.25, 0.3) is 0 Å². The van der Waals surface area contributed by atoms with Crippen LogP contribution in [0, 0.1) is 0 Å². The number of amides is 1. The molecule has 1 amide bonds. The van der Waals surface area contributed by atoms with E-state index in [9.17, 15) is 9.59 Å². The smallest absolute Gasteiger partial charge is 0.408 e. The highest BCUT2D eigenvalue weighted by molar-refractivity contribution is 5.80. The van der Waals surface area contributed by atoms with Crippen LogP contribution in [0.1, 0.15) is 13.3 Å². The summed E-state index contributed by atoms with van der Waals surface area (Å²) in [5.41, 5.74) is -0.686. The number of hydrogen-bond acceptors (Lipinski definition) is 5. The van der Waals surface area contributed by atoms with E-state index in [-0.39, 0.29) is 13.0 Å². The standard InChI is InChI=1S/C9H13N3O4/c1-3-4-16-8(15)10-6(7(13)14)5-9(2)11-12-9/h3,6H,1,4-5H2,2H3,(H,10,15)(H,13,14)/t6-/m0/s1. The van der Waals surface area contributed by atoms with Gasteiger partial charge in [0, 0.05) is 6.42 Å². The number of carboxylic acids is 1. The molecule has 0 aromatic rings. The summed E-state index contributed by atoms with van der Waals surface area (Å²) in [5.74, 6) is -1.14. The summed E-state index contributed by atoms with van der Waals surface area (Å²) in [6.07, 6.45) is 0.713. The Balaban J connectivity index is 2.41. The summed E-state index contributed by atoms with van der Waals surface area (Å²) < 4.78 is 4.61. The molecule has 0 aliphatic carbocycles. The molecule has 1 atom stereocenters. The Kier molecular flexibility index (Phi) is 3.60. The van der Waals surface area contributed by atoms with Gasteiger partial charge >= 0.3 is 12.1 Å². The van der Waals surface area contributed by atoms with Crippen molar-refractivity contribution in [3.8, 4) is 0 Å². The lowest BCUT2D eigenvalue weighted by molar-refractivity contribution is -0.139. The lowest BCUT2D eigenvalue weighted by Gasteiger charge is -2.15. The van der Waals surface area contributed by atoms with Gasteiger partial charge in [0.1, 0.15) is 12.6 Å². The monoisotopic (exact) mass is 227 g/mol. The van der Waals surface area contributed by atoms with Gasteiger partial charge in [-0.05, 0) is 6.92 Å². The molecule has 2 N–H and O–H groups in total. The lowest BCUT2D eigenvalue weighted by atomic mass is 10.1. The van der Waals surface area contributed by atoms with Crippen LogP contribution in [0.5, 0.6) is 0 Å². The Bertz CT molecular complexity index is 334. The average Bonchev–Trinajstić information content (AvgIpc) is 2.92. The topological polar surface area (TPSA) is 100 Å². The number of hydrogen-bond donors (Lipinski definition) is 2. The zero-order valence-electron chi connectivity index (χ0n) is 8.84. The van der Waals surface area contributed by atoms with E-state index in [0.29, 0.717) is 0 Å². The Morgan fingerprint density at radius 3 is 2.69 bits per heavy atom. The quantitative estimate of drug-likeness (QED) is 0.659. The fraction of sp³-hybridized carbons (Fsp3) is 0.556. The van der Waals surface area contributed by atoms with E-state index in [1.165, 1.54) is 6.08 Å². The summed E-state index contributed by atoms with van der Waals surface area (Å²) in [4.78, 5) is 22.0. The van der Waals surface area contributed by atoms with Crippen molar-refractivity contribution in [3.63, 3.8) is 0 Å². The first kappa shape index (κ1) is 12.2. The van der Waals surface area contributed by atoms with E-state index < -0.39 is 23.8 Å². The predicted molar refractivity (Wildman–Crippen MR) is 54.0 cm³/mol. The van der Waals surface area contributed by atoms with Crippen molar-refractivity contribution in [2.45, 2.75) is 25.0 Å². The molecule has 7 nitrogen and oxygen atoms in total. The Hall–Kier alpha value is -1.92. The fourth-order valence-corrected chi connectivity index (χ4v) is 1.07. The van der Waals surface area contributed by atoms with Gasteiger partial charge in [0.25, 0.3) is 0 Å². The SMILES string of the molecule is C=CCOC(=O)N[C@@H](CC1(C)N=N1)C(=O)O. The second kappa shape index (κ2) is 4.73. The van der Waals surface area contributed by atoms with Crippen molar-refractivity contribution in [2.75, 3.05) is 6.61 Å². The third kappa shape index (κ3) is 3.68. The highest BCUT2D eigenvalue weighted by Gasteiger charge is 2.39. The molecule has 0 radical (unpaired) electrons. The minimum Gasteiger partial charge on any atom is -0.480 e. The number of rotatable bonds is 6. The number of carboxylic acid groups (broad SMARTS) is 1. The van der Waals surface area contributed by atoms with Crippen LogP contribution in [0.4, 0.5) is 4.79 Å². The van der Waals surface area contributed by atoms with E-state index in [1.807, 2.05) is 0 Å². The molecule has 0 unspecified atom stereocenters. The summed E-state index contributed by atoms with van der Waals surface area (Å²) in [6.45, 7) is 5.08. The Labute approximate surface area is 92.2 Å². The molecule has 1 aliphatic heterocycles. The van der Waals surface area contributed by atoms with E-state index in [4.69, 9.17) is 5.11 Å². The molecule has 1 heterocycles. The van der Waals surface area contributed by atoms with Crippen LogP contribution in [-0.2, 0) is 9.53 Å². The molecular weight excluding hydrogens is 214 g/mol. The highest BCUT2D eigenvalue weighted by Crippen LogP contribution is 2.32. The van der Waals surface area contributed by atoms with Crippen LogP contribution in [0.15, 0.2) is 22.9 Å². The average molecular weight is 227 g/mol. The molecule has 0 aromatic carbocycles. The Morgan fingerprint density at radius 1 is 1.62 bits per heavy atom. The van der Waals surface area contributed by atoms with Gasteiger partial charge in [0.15, 0.2) is 5.66 Å². The minimum absolute atomic E-state index is 0.0319. The summed E-state index contributed by atoms with van der Waals surface area (Å²) in [5, 5.41) is 18.4. The zero-order chi connectivity index (χ0) is 12.2. The van der Waals surface area contributed by atoms with Crippen LogP contribution in [-0.4, -0.2) is 35.5 Å². The normalized spacial score (nSPS) is 17.3. The van der Waals surface area contributed by atoms with E-state index in [2.05, 4.69) is 26.9 Å². The van der Waals surface area contributed by atoms with Crippen molar-refractivity contribution in [1.29, 1.82) is 0 Å². The molecule has 1 rings (SSSR count). The maximum atomic E-state index is 11.1. The van der Waals surface area contributed by atoms with E-state index in [0.717, 1.165) is 0 Å². The van der Waals surface area contributed by atoms with Gasteiger partial charge in [-0.25, -0.2) is 9.59 Å². The third-order valence-electron chi connectivity index (χ3n) is 1.95. The third-order valence-corrected chi connectivity index (χ3v) is 1.95. The van der Waals surface area contributed by atoms with Gasteiger partial charge < -0.3 is 15.2 Å². The summed E-state index contributed by atoms with van der Waals surface area (Å²) in [6, 6.07) is -1.06. The molecule has 7 heteroatoms. The first-order valence-electron chi connectivity index (χ1n) is 4.68. The highest BCUT2D eigenvalue weighted by atomic mass is 16.5. The molecule has 0 bridgehead atoms. The van der Waals surface area contributed by atoms with Crippen LogP contribution >= 0.6 is 0 Å². The van der Waals surface area contributed by atoms with Gasteiger partial charge in [0.05, 0.1) is 0 Å². The van der Waals surface area contributed by atoms with Gasteiger partial charge in [-0.3, -0.25) is 0 Å². The molecule has 88 valence electrons. The van der Waals surface area contributed by atoms with Gasteiger partial charge in [-0.1, -0.05) is 12.7 Å². The number of nitrogens with one attached hydrogen (secondary N) is 1. The number of carbonyl (C=O) groups is 2. The molecule has 1 aliphatic rings. The summed E-state index contributed by atoms with van der Waals surface area (Å²) in [7, 11) is 0. The van der Waals surface area contributed by atoms with Crippen molar-refractivity contribution in [1.82, 2.24) is 5.32 Å². The fourth-order valence-electron chi connectivity index (χ4n) is 1.07. The largest absolute Gasteiger partial charge is 0.480 e. The van der Waals surface area contributed by atoms with Gasteiger partial charge in [-0.2, -0.15) is 10.2 Å². The number of alkyl carbamates (subject to hydrolysis) is 1. The predicted octanol–water partition coefficient (Wildman–Crippen LogP) is 0.924. The molecule has 0 saturated heterocycles. The molecule has 0 saturated carbocycles. The van der Waals surface area contributed by atoms with E-state index in [1.54, 1.807) is 6.92 Å². The first-order valence-corrected chi connectivity index (χ1v) is 4.68. The molecule has 0 aromatic heterocycles. The maximum absolute atomic E-state index is 11.1. The summed E-state index contributed by atoms with van der Waals surface area (Å²) >= 11 is 0. The molecule has 0 spiro atoms. The first-order chi connectivity index (χ1) is 7.47. The second-order valence-electron chi connectivity index (χ2n) is 3.54. The van der Waals surface area contributed by atoms with Crippen molar-refractivity contribution >= 4 is 12.1 Å². The van der Waals surface area contributed by atoms with Crippen molar-refractivity contribution in [3.05, 3.63) is 12.7 Å². The number of nitrogens with zero attached hydrogens (tertiary/aromatic N) is 2. The molecule has 16 heavy (non-hydrogen) atoms. The van der Waals surface area contributed by atoms with Crippen molar-refractivity contribution < 1.29 is 19.4 Å². The van der Waals surface area contributed by atoms with Crippen molar-refractivity contribution in [2.24, 2.45) is 10.2 Å². The van der Waals surface area contributed by atoms with Gasteiger partial charge in [0.2, 0.25) is 0 Å². The van der Waals surface area contributed by atoms with Crippen LogP contribution < -0.4 is 5.32 Å². The number of aliphatic carboxylic acids is 1. The number of carbonyl (C=O) groups excluding carboxylic acids is 1. The van der Waals surface area contributed by atoms with Crippen LogP contribution in [0.2, 0.25) is 0 Å². The van der Waals surface area contributed by atoms with E-state index >= 15 is 0 Å². The Morgan fingerprint density at radius 2 is 2.25 bits per heavy atom. The number of ether oxygens (including phenoxy) is 1. The minimum atomic E-state index is -1.14. The molecular formula is C9H13N3O4. The zero-order valence-corrected chi connectivity index (χ0v) is 8.84. The lowest BCUT2D eigenvalue weighted by Crippen LogP contribution is -2.43. The van der Waals surface area contributed by atoms with Gasteiger partial charge in [-0.15, -0.1) is 0 Å². The van der Waals surface area contributed by atoms with Crippen LogP contribution in [0.3, 0.4) is 0 Å². The maximum Gasteiger partial charge on any atom is 0.408 e. The second-order valence-corrected chi connectivity index (χ2v) is 3.54.